The molecule has 0 amide bonds. The van der Waals surface area contributed by atoms with Gasteiger partial charge in [0.2, 0.25) is 11.6 Å². The number of aryl methyl sites for hydroxylation is 1. The van der Waals surface area contributed by atoms with Gasteiger partial charge in [-0.1, -0.05) is 24.3 Å². The average Bonchev–Trinajstić information content (AvgIpc) is 3.08. The molecule has 1 heterocycles. The Bertz CT molecular complexity index is 829. The molecular formula is C18H18N2O4. The normalized spacial score (nSPS) is 10.5. The van der Waals surface area contributed by atoms with Crippen molar-refractivity contribution in [1.82, 2.24) is 10.2 Å². The van der Waals surface area contributed by atoms with Gasteiger partial charge in [-0.3, -0.25) is 0 Å². The van der Waals surface area contributed by atoms with Crippen LogP contribution >= 0.6 is 0 Å². The lowest BCUT2D eigenvalue weighted by atomic mass is 10.1. The van der Waals surface area contributed by atoms with Crippen LogP contribution in [0.3, 0.4) is 0 Å². The van der Waals surface area contributed by atoms with E-state index in [0.29, 0.717) is 29.0 Å². The number of rotatable bonds is 6. The SMILES string of the molecule is COc1cccc(OCc2nnc(-c3ccccc3C)o2)c1OC. The van der Waals surface area contributed by atoms with Crippen LogP contribution in [0, 0.1) is 6.92 Å². The smallest absolute Gasteiger partial charge is 0.254 e. The second kappa shape index (κ2) is 7.04. The third kappa shape index (κ3) is 3.17. The first-order valence-corrected chi connectivity index (χ1v) is 7.45. The third-order valence-electron chi connectivity index (χ3n) is 3.56. The highest BCUT2D eigenvalue weighted by molar-refractivity contribution is 5.57. The zero-order valence-corrected chi connectivity index (χ0v) is 13.8. The van der Waals surface area contributed by atoms with Crippen LogP contribution in [0.2, 0.25) is 0 Å². The number of benzene rings is 2. The van der Waals surface area contributed by atoms with Gasteiger partial charge in [-0.15, -0.1) is 10.2 Å². The van der Waals surface area contributed by atoms with Gasteiger partial charge in [0, 0.05) is 5.56 Å². The Kier molecular flexibility index (Phi) is 4.65. The van der Waals surface area contributed by atoms with E-state index < -0.39 is 0 Å². The van der Waals surface area contributed by atoms with Crippen molar-refractivity contribution in [2.75, 3.05) is 14.2 Å². The van der Waals surface area contributed by atoms with E-state index in [4.69, 9.17) is 18.6 Å². The van der Waals surface area contributed by atoms with Crippen molar-refractivity contribution in [3.63, 3.8) is 0 Å². The molecule has 0 fully saturated rings. The number of ether oxygens (including phenoxy) is 3. The number of hydrogen-bond acceptors (Lipinski definition) is 6. The van der Waals surface area contributed by atoms with E-state index in [1.54, 1.807) is 26.4 Å². The van der Waals surface area contributed by atoms with Crippen LogP contribution in [-0.2, 0) is 6.61 Å². The lowest BCUT2D eigenvalue weighted by Gasteiger charge is -2.12. The van der Waals surface area contributed by atoms with Gasteiger partial charge in [-0.25, -0.2) is 0 Å². The van der Waals surface area contributed by atoms with E-state index in [0.717, 1.165) is 11.1 Å². The number of para-hydroxylation sites is 1. The lowest BCUT2D eigenvalue weighted by Crippen LogP contribution is -1.99. The first-order valence-electron chi connectivity index (χ1n) is 7.45. The van der Waals surface area contributed by atoms with Crippen LogP contribution < -0.4 is 14.2 Å². The quantitative estimate of drug-likeness (QED) is 0.689. The molecule has 24 heavy (non-hydrogen) atoms. The largest absolute Gasteiger partial charge is 0.493 e. The van der Waals surface area contributed by atoms with E-state index in [-0.39, 0.29) is 6.61 Å². The Morgan fingerprint density at radius 2 is 1.71 bits per heavy atom. The fourth-order valence-corrected chi connectivity index (χ4v) is 2.34. The molecule has 0 saturated heterocycles. The number of nitrogens with zero attached hydrogens (tertiary/aromatic N) is 2. The maximum Gasteiger partial charge on any atom is 0.254 e. The van der Waals surface area contributed by atoms with Crippen LogP contribution in [0.1, 0.15) is 11.5 Å². The van der Waals surface area contributed by atoms with Crippen LogP contribution in [0.4, 0.5) is 0 Å². The van der Waals surface area contributed by atoms with Gasteiger partial charge in [0.25, 0.3) is 5.89 Å². The van der Waals surface area contributed by atoms with Crippen LogP contribution in [0.15, 0.2) is 46.9 Å². The minimum atomic E-state index is 0.141. The van der Waals surface area contributed by atoms with Gasteiger partial charge in [-0.2, -0.15) is 0 Å². The van der Waals surface area contributed by atoms with Gasteiger partial charge in [0.05, 0.1) is 14.2 Å². The Morgan fingerprint density at radius 1 is 0.917 bits per heavy atom. The molecule has 1 aromatic heterocycles. The first kappa shape index (κ1) is 15.9. The second-order valence-electron chi connectivity index (χ2n) is 5.10. The predicted molar refractivity (Wildman–Crippen MR) is 88.3 cm³/mol. The standard InChI is InChI=1S/C18H18N2O4/c1-12-7-4-5-8-13(12)18-20-19-16(24-18)11-23-15-10-6-9-14(21-2)17(15)22-3/h4-10H,11H2,1-3H3. The number of aromatic nitrogens is 2. The molecule has 0 spiro atoms. The molecule has 0 aliphatic carbocycles. The fraction of sp³-hybridized carbons (Fsp3) is 0.222. The summed E-state index contributed by atoms with van der Waals surface area (Å²) in [5.41, 5.74) is 1.98. The Morgan fingerprint density at radius 3 is 2.46 bits per heavy atom. The molecule has 0 saturated carbocycles. The minimum absolute atomic E-state index is 0.141. The summed E-state index contributed by atoms with van der Waals surface area (Å²) in [5, 5.41) is 8.12. The first-order chi connectivity index (χ1) is 11.7. The van der Waals surface area contributed by atoms with E-state index in [9.17, 15) is 0 Å². The Labute approximate surface area is 140 Å². The molecule has 2 aromatic carbocycles. The molecule has 3 aromatic rings. The van der Waals surface area contributed by atoms with Crippen molar-refractivity contribution >= 4 is 0 Å². The highest BCUT2D eigenvalue weighted by Gasteiger charge is 2.14. The zero-order valence-electron chi connectivity index (χ0n) is 13.8. The van der Waals surface area contributed by atoms with Crippen molar-refractivity contribution in [1.29, 1.82) is 0 Å². The second-order valence-corrected chi connectivity index (χ2v) is 5.10. The highest BCUT2D eigenvalue weighted by atomic mass is 16.5. The summed E-state index contributed by atoms with van der Waals surface area (Å²) < 4.78 is 22.0. The molecule has 0 atom stereocenters. The molecule has 0 aliphatic rings. The topological polar surface area (TPSA) is 66.6 Å². The molecular weight excluding hydrogens is 308 g/mol. The highest BCUT2D eigenvalue weighted by Crippen LogP contribution is 2.37. The van der Waals surface area contributed by atoms with Crippen molar-refractivity contribution in [2.45, 2.75) is 13.5 Å². The molecule has 0 unspecified atom stereocenters. The van der Waals surface area contributed by atoms with E-state index in [2.05, 4.69) is 10.2 Å². The predicted octanol–water partition coefficient (Wildman–Crippen LogP) is 3.64. The summed E-state index contributed by atoms with van der Waals surface area (Å²) in [4.78, 5) is 0. The maximum atomic E-state index is 5.73. The Hall–Kier alpha value is -3.02. The molecule has 6 heteroatoms. The van der Waals surface area contributed by atoms with Crippen molar-refractivity contribution in [2.24, 2.45) is 0 Å². The van der Waals surface area contributed by atoms with Gasteiger partial charge < -0.3 is 18.6 Å². The monoisotopic (exact) mass is 326 g/mol. The average molecular weight is 326 g/mol. The Balaban J connectivity index is 1.76. The van der Waals surface area contributed by atoms with E-state index in [1.165, 1.54) is 0 Å². The van der Waals surface area contributed by atoms with E-state index in [1.807, 2.05) is 37.3 Å². The summed E-state index contributed by atoms with van der Waals surface area (Å²) in [6.07, 6.45) is 0. The minimum Gasteiger partial charge on any atom is -0.493 e. The van der Waals surface area contributed by atoms with Gasteiger partial charge in [0.1, 0.15) is 0 Å². The van der Waals surface area contributed by atoms with Crippen molar-refractivity contribution < 1.29 is 18.6 Å². The summed E-state index contributed by atoms with van der Waals surface area (Å²) in [6.45, 7) is 2.14. The van der Waals surface area contributed by atoms with Crippen LogP contribution in [0.25, 0.3) is 11.5 Å². The zero-order chi connectivity index (χ0) is 16.9. The van der Waals surface area contributed by atoms with Crippen molar-refractivity contribution in [3.05, 3.63) is 53.9 Å². The number of methoxy groups -OCH3 is 2. The number of hydrogen-bond donors (Lipinski definition) is 0. The maximum absolute atomic E-state index is 5.73. The molecule has 124 valence electrons. The third-order valence-corrected chi connectivity index (χ3v) is 3.56. The van der Waals surface area contributed by atoms with Crippen LogP contribution in [0.5, 0.6) is 17.2 Å². The molecule has 0 radical (unpaired) electrons. The van der Waals surface area contributed by atoms with Crippen LogP contribution in [-0.4, -0.2) is 24.4 Å². The van der Waals surface area contributed by atoms with Gasteiger partial charge in [0.15, 0.2) is 18.1 Å². The molecule has 6 nitrogen and oxygen atoms in total. The molecule has 0 N–H and O–H groups in total. The lowest BCUT2D eigenvalue weighted by molar-refractivity contribution is 0.246. The molecule has 0 bridgehead atoms. The van der Waals surface area contributed by atoms with Gasteiger partial charge in [-0.05, 0) is 30.7 Å². The summed E-state index contributed by atoms with van der Waals surface area (Å²) in [6, 6.07) is 13.3. The van der Waals surface area contributed by atoms with Gasteiger partial charge >= 0.3 is 0 Å². The molecule has 3 rings (SSSR count). The van der Waals surface area contributed by atoms with E-state index >= 15 is 0 Å². The summed E-state index contributed by atoms with van der Waals surface area (Å²) in [5.74, 6) is 2.54. The summed E-state index contributed by atoms with van der Waals surface area (Å²) >= 11 is 0. The molecule has 0 aliphatic heterocycles. The van der Waals surface area contributed by atoms with Crippen molar-refractivity contribution in [3.8, 4) is 28.7 Å². The fourth-order valence-electron chi connectivity index (χ4n) is 2.34. The summed E-state index contributed by atoms with van der Waals surface area (Å²) in [7, 11) is 3.14.